The predicted molar refractivity (Wildman–Crippen MR) is 166 cm³/mol. The van der Waals surface area contributed by atoms with Crippen molar-refractivity contribution in [2.45, 2.75) is 13.1 Å². The van der Waals surface area contributed by atoms with Crippen molar-refractivity contribution in [3.05, 3.63) is 106 Å². The second kappa shape index (κ2) is 12.3. The summed E-state index contributed by atoms with van der Waals surface area (Å²) in [5, 5.41) is 4.34. The molecule has 0 unspecified atom stereocenters. The second-order valence-electron chi connectivity index (χ2n) is 10.0. The van der Waals surface area contributed by atoms with Gasteiger partial charge in [-0.05, 0) is 29.8 Å². The van der Waals surface area contributed by atoms with Gasteiger partial charge >= 0.3 is 0 Å². The van der Waals surface area contributed by atoms with Gasteiger partial charge in [0.1, 0.15) is 5.75 Å². The number of ether oxygens (including phenoxy) is 1. The van der Waals surface area contributed by atoms with E-state index in [1.165, 1.54) is 0 Å². The van der Waals surface area contributed by atoms with E-state index in [0.717, 1.165) is 22.5 Å². The Hall–Kier alpha value is -4.34. The molecule has 0 atom stereocenters. The van der Waals surface area contributed by atoms with E-state index in [1.54, 1.807) is 36.5 Å². The molecule has 5 aromatic rings. The number of para-hydroxylation sites is 1. The number of hydrogen-bond acceptors (Lipinski definition) is 7. The molecule has 2 aromatic heterocycles. The molecule has 0 aliphatic carbocycles. The third-order valence-corrected chi connectivity index (χ3v) is 7.68. The van der Waals surface area contributed by atoms with Crippen LogP contribution < -0.4 is 15.0 Å². The number of amides is 1. The van der Waals surface area contributed by atoms with Gasteiger partial charge < -0.3 is 24.4 Å². The third kappa shape index (κ3) is 5.98. The maximum atomic E-state index is 13.2. The van der Waals surface area contributed by atoms with E-state index in [2.05, 4.69) is 22.3 Å². The van der Waals surface area contributed by atoms with Crippen LogP contribution in [0.4, 0.5) is 11.8 Å². The smallest absolute Gasteiger partial charge is 0.254 e. The summed E-state index contributed by atoms with van der Waals surface area (Å²) in [5.74, 6) is 1.92. The molecule has 1 saturated heterocycles. The number of methoxy groups -OCH3 is 1. The summed E-state index contributed by atoms with van der Waals surface area (Å²) < 4.78 is 7.57. The van der Waals surface area contributed by atoms with Gasteiger partial charge in [-0.2, -0.15) is 9.97 Å². The van der Waals surface area contributed by atoms with Crippen LogP contribution in [-0.4, -0.2) is 63.6 Å². The molecular formula is C31H29Cl2N7O2. The number of carbonyl (C=O) groups is 1. The Bertz CT molecular complexity index is 1700. The molecular weight excluding hydrogens is 573 g/mol. The number of anilines is 2. The highest BCUT2D eigenvalue weighted by atomic mass is 35.5. The van der Waals surface area contributed by atoms with E-state index in [-0.39, 0.29) is 5.91 Å². The topological polar surface area (TPSA) is 88.4 Å². The SMILES string of the molecule is COc1ccccc1CNc1nc(N2CCN(C(=O)c3cc(Cl)cc(Cl)c3)CC2)nc2c1ncn2Cc1ccccc1. The summed E-state index contributed by atoms with van der Waals surface area (Å²) in [5.41, 5.74) is 4.06. The van der Waals surface area contributed by atoms with Crippen molar-refractivity contribution in [3.63, 3.8) is 0 Å². The van der Waals surface area contributed by atoms with E-state index in [4.69, 9.17) is 42.9 Å². The molecule has 1 aliphatic heterocycles. The number of imidazole rings is 1. The van der Waals surface area contributed by atoms with E-state index < -0.39 is 0 Å². The highest BCUT2D eigenvalue weighted by Crippen LogP contribution is 2.27. The Labute approximate surface area is 253 Å². The van der Waals surface area contributed by atoms with Gasteiger partial charge in [0.15, 0.2) is 17.0 Å². The summed E-state index contributed by atoms with van der Waals surface area (Å²) in [6, 6.07) is 23.0. The van der Waals surface area contributed by atoms with Crippen molar-refractivity contribution in [2.24, 2.45) is 0 Å². The van der Waals surface area contributed by atoms with E-state index in [9.17, 15) is 4.79 Å². The van der Waals surface area contributed by atoms with Gasteiger partial charge in [-0.3, -0.25) is 4.79 Å². The van der Waals surface area contributed by atoms with Crippen LogP contribution in [0.25, 0.3) is 11.2 Å². The second-order valence-corrected chi connectivity index (χ2v) is 10.9. The number of rotatable bonds is 8. The first-order valence-corrected chi connectivity index (χ1v) is 14.4. The van der Waals surface area contributed by atoms with E-state index in [0.29, 0.717) is 72.2 Å². The highest BCUT2D eigenvalue weighted by molar-refractivity contribution is 6.35. The highest BCUT2D eigenvalue weighted by Gasteiger charge is 2.25. The van der Waals surface area contributed by atoms with Crippen LogP contribution in [0.1, 0.15) is 21.5 Å². The summed E-state index contributed by atoms with van der Waals surface area (Å²) in [4.78, 5) is 31.6. The molecule has 214 valence electrons. The third-order valence-electron chi connectivity index (χ3n) is 7.25. The van der Waals surface area contributed by atoms with Crippen LogP contribution in [0.5, 0.6) is 5.75 Å². The predicted octanol–water partition coefficient (Wildman–Crippen LogP) is 5.76. The van der Waals surface area contributed by atoms with Crippen LogP contribution in [0.15, 0.2) is 79.1 Å². The first-order valence-electron chi connectivity index (χ1n) is 13.6. The average molecular weight is 603 g/mol. The fourth-order valence-electron chi connectivity index (χ4n) is 5.09. The Balaban J connectivity index is 1.27. The number of nitrogens with zero attached hydrogens (tertiary/aromatic N) is 6. The zero-order chi connectivity index (χ0) is 29.1. The monoisotopic (exact) mass is 601 g/mol. The summed E-state index contributed by atoms with van der Waals surface area (Å²) >= 11 is 12.3. The van der Waals surface area contributed by atoms with Gasteiger partial charge in [0.2, 0.25) is 5.95 Å². The maximum Gasteiger partial charge on any atom is 0.254 e. The Kier molecular flexibility index (Phi) is 8.12. The normalized spacial score (nSPS) is 13.4. The Morgan fingerprint density at radius 2 is 1.64 bits per heavy atom. The number of nitrogens with one attached hydrogen (secondary N) is 1. The molecule has 42 heavy (non-hydrogen) atoms. The molecule has 0 saturated carbocycles. The van der Waals surface area contributed by atoms with Crippen molar-refractivity contribution < 1.29 is 9.53 Å². The lowest BCUT2D eigenvalue weighted by molar-refractivity contribution is 0.0746. The fourth-order valence-corrected chi connectivity index (χ4v) is 5.62. The molecule has 1 fully saturated rings. The summed E-state index contributed by atoms with van der Waals surface area (Å²) in [7, 11) is 1.66. The molecule has 3 heterocycles. The number of piperazine rings is 1. The molecule has 9 nitrogen and oxygen atoms in total. The molecule has 1 aliphatic rings. The number of halogens is 2. The van der Waals surface area contributed by atoms with Crippen molar-refractivity contribution in [3.8, 4) is 5.75 Å². The van der Waals surface area contributed by atoms with Gasteiger partial charge in [-0.1, -0.05) is 71.7 Å². The lowest BCUT2D eigenvalue weighted by atomic mass is 10.2. The number of benzene rings is 3. The van der Waals surface area contributed by atoms with Crippen molar-refractivity contribution in [1.82, 2.24) is 24.4 Å². The molecule has 11 heteroatoms. The van der Waals surface area contributed by atoms with Crippen molar-refractivity contribution in [2.75, 3.05) is 43.5 Å². The standard InChI is InChI=1S/C31H29Cl2N7O2/c1-42-26-10-6-5-9-22(26)18-34-28-27-29(40(20-35-27)19-21-7-3-2-4-8-21)37-31(36-28)39-13-11-38(12-14-39)30(41)23-15-24(32)17-25(33)16-23/h2-10,15-17,20H,11-14,18-19H2,1H3,(H,34,36,37). The largest absolute Gasteiger partial charge is 0.496 e. The number of carbonyl (C=O) groups excluding carboxylic acids is 1. The van der Waals surface area contributed by atoms with Gasteiger partial charge in [-0.25, -0.2) is 4.98 Å². The number of hydrogen-bond donors (Lipinski definition) is 1. The molecule has 3 aromatic carbocycles. The molecule has 0 spiro atoms. The molecule has 1 N–H and O–H groups in total. The fraction of sp³-hybridized carbons (Fsp3) is 0.226. The molecule has 6 rings (SSSR count). The van der Waals surface area contributed by atoms with Gasteiger partial charge in [0.25, 0.3) is 5.91 Å². The Morgan fingerprint density at radius 3 is 2.38 bits per heavy atom. The van der Waals surface area contributed by atoms with Crippen LogP contribution in [0, 0.1) is 0 Å². The average Bonchev–Trinajstić information content (AvgIpc) is 3.42. The lowest BCUT2D eigenvalue weighted by Gasteiger charge is -2.35. The molecule has 0 bridgehead atoms. The van der Waals surface area contributed by atoms with Gasteiger partial charge in [0.05, 0.1) is 20.0 Å². The quantitative estimate of drug-likeness (QED) is 0.242. The molecule has 0 radical (unpaired) electrons. The minimum absolute atomic E-state index is 0.101. The zero-order valence-corrected chi connectivity index (χ0v) is 24.5. The zero-order valence-electron chi connectivity index (χ0n) is 23.0. The minimum Gasteiger partial charge on any atom is -0.496 e. The summed E-state index contributed by atoms with van der Waals surface area (Å²) in [6.45, 7) is 3.31. The first-order chi connectivity index (χ1) is 20.5. The van der Waals surface area contributed by atoms with Crippen LogP contribution in [0.3, 0.4) is 0 Å². The lowest BCUT2D eigenvalue weighted by Crippen LogP contribution is -2.49. The maximum absolute atomic E-state index is 13.2. The summed E-state index contributed by atoms with van der Waals surface area (Å²) in [6.07, 6.45) is 1.80. The van der Waals surface area contributed by atoms with Crippen LogP contribution in [0.2, 0.25) is 10.0 Å². The van der Waals surface area contributed by atoms with E-state index in [1.807, 2.05) is 47.0 Å². The van der Waals surface area contributed by atoms with Crippen molar-refractivity contribution >= 4 is 52.0 Å². The van der Waals surface area contributed by atoms with Gasteiger partial charge in [-0.15, -0.1) is 0 Å². The van der Waals surface area contributed by atoms with Gasteiger partial charge in [0, 0.05) is 53.9 Å². The Morgan fingerprint density at radius 1 is 0.929 bits per heavy atom. The van der Waals surface area contributed by atoms with Crippen LogP contribution in [-0.2, 0) is 13.1 Å². The first kappa shape index (κ1) is 27.8. The van der Waals surface area contributed by atoms with Crippen LogP contribution >= 0.6 is 23.2 Å². The van der Waals surface area contributed by atoms with Crippen molar-refractivity contribution in [1.29, 1.82) is 0 Å². The molecule has 1 amide bonds. The van der Waals surface area contributed by atoms with E-state index >= 15 is 0 Å². The number of fused-ring (bicyclic) bond motifs is 1. The number of aromatic nitrogens is 4. The minimum atomic E-state index is -0.101.